The summed E-state index contributed by atoms with van der Waals surface area (Å²) in [6, 6.07) is 8.81. The SMILES string of the molecule is COc1ccc(CCC[N+]2(C)CCC(N)C2)cc1. The van der Waals surface area contributed by atoms with Crippen LogP contribution in [0.2, 0.25) is 0 Å². The minimum atomic E-state index is 0.413. The third-order valence-electron chi connectivity index (χ3n) is 4.04. The highest BCUT2D eigenvalue weighted by Crippen LogP contribution is 2.18. The highest BCUT2D eigenvalue weighted by Gasteiger charge is 2.31. The van der Waals surface area contributed by atoms with Gasteiger partial charge in [-0.05, 0) is 24.1 Å². The van der Waals surface area contributed by atoms with Crippen molar-refractivity contribution in [3.8, 4) is 5.75 Å². The van der Waals surface area contributed by atoms with Gasteiger partial charge in [0, 0.05) is 12.8 Å². The Morgan fingerprint density at radius 2 is 2.06 bits per heavy atom. The zero-order chi connectivity index (χ0) is 13.0. The fourth-order valence-electron chi connectivity index (χ4n) is 2.89. The van der Waals surface area contributed by atoms with Crippen molar-refractivity contribution in [3.63, 3.8) is 0 Å². The zero-order valence-corrected chi connectivity index (χ0v) is 11.6. The van der Waals surface area contributed by atoms with Gasteiger partial charge in [-0.25, -0.2) is 0 Å². The van der Waals surface area contributed by atoms with E-state index >= 15 is 0 Å². The van der Waals surface area contributed by atoms with E-state index in [-0.39, 0.29) is 0 Å². The van der Waals surface area contributed by atoms with Gasteiger partial charge in [0.15, 0.2) is 0 Å². The number of nitrogens with two attached hydrogens (primary N) is 1. The van der Waals surface area contributed by atoms with Crippen LogP contribution in [-0.2, 0) is 6.42 Å². The first-order valence-corrected chi connectivity index (χ1v) is 6.83. The van der Waals surface area contributed by atoms with Gasteiger partial charge in [-0.1, -0.05) is 12.1 Å². The van der Waals surface area contributed by atoms with E-state index in [0.717, 1.165) is 23.2 Å². The molecule has 1 aromatic carbocycles. The minimum absolute atomic E-state index is 0.413. The normalized spacial score (nSPS) is 27.4. The number of methoxy groups -OCH3 is 1. The van der Waals surface area contributed by atoms with Crippen molar-refractivity contribution < 1.29 is 9.22 Å². The molecule has 0 amide bonds. The number of nitrogens with zero attached hydrogens (tertiary/aromatic N) is 1. The van der Waals surface area contributed by atoms with Crippen molar-refractivity contribution in [3.05, 3.63) is 29.8 Å². The summed E-state index contributed by atoms with van der Waals surface area (Å²) < 4.78 is 6.32. The number of likely N-dealkylation sites (tertiary alicyclic amines) is 1. The van der Waals surface area contributed by atoms with Crippen molar-refractivity contribution in [2.75, 3.05) is 33.8 Å². The molecule has 0 radical (unpaired) electrons. The third-order valence-corrected chi connectivity index (χ3v) is 4.04. The molecule has 0 spiro atoms. The highest BCUT2D eigenvalue weighted by atomic mass is 16.5. The zero-order valence-electron chi connectivity index (χ0n) is 11.6. The first-order chi connectivity index (χ1) is 8.61. The maximum atomic E-state index is 6.00. The number of hydrogen-bond acceptors (Lipinski definition) is 2. The summed E-state index contributed by atoms with van der Waals surface area (Å²) in [5.74, 6) is 0.934. The lowest BCUT2D eigenvalue weighted by atomic mass is 10.1. The molecule has 1 fully saturated rings. The van der Waals surface area contributed by atoms with E-state index in [1.807, 2.05) is 12.1 Å². The van der Waals surface area contributed by atoms with E-state index in [0.29, 0.717) is 6.04 Å². The van der Waals surface area contributed by atoms with Crippen LogP contribution >= 0.6 is 0 Å². The van der Waals surface area contributed by atoms with Crippen LogP contribution in [0.5, 0.6) is 5.75 Å². The van der Waals surface area contributed by atoms with E-state index in [2.05, 4.69) is 19.2 Å². The topological polar surface area (TPSA) is 35.2 Å². The standard InChI is InChI=1S/C15H25N2O/c1-17(11-9-14(16)12-17)10-3-4-13-5-7-15(18-2)8-6-13/h5-8,14H,3-4,9-12,16H2,1-2H3/q+1. The van der Waals surface area contributed by atoms with E-state index in [4.69, 9.17) is 10.5 Å². The van der Waals surface area contributed by atoms with Gasteiger partial charge in [-0.3, -0.25) is 0 Å². The second kappa shape index (κ2) is 5.72. The molecule has 0 aliphatic carbocycles. The second-order valence-electron chi connectivity index (χ2n) is 5.75. The summed E-state index contributed by atoms with van der Waals surface area (Å²) in [5.41, 5.74) is 7.39. The van der Waals surface area contributed by atoms with Gasteiger partial charge >= 0.3 is 0 Å². The Bertz CT molecular complexity index is 377. The third kappa shape index (κ3) is 3.47. The molecule has 2 N–H and O–H groups in total. The number of rotatable bonds is 5. The van der Waals surface area contributed by atoms with E-state index in [1.165, 1.54) is 31.5 Å². The van der Waals surface area contributed by atoms with E-state index in [1.54, 1.807) is 7.11 Å². The molecule has 2 unspecified atom stereocenters. The first kappa shape index (κ1) is 13.4. The number of benzene rings is 1. The molecule has 1 aromatic rings. The average Bonchev–Trinajstić information content (AvgIpc) is 2.70. The molecule has 2 rings (SSSR count). The van der Waals surface area contributed by atoms with E-state index < -0.39 is 0 Å². The molecular weight excluding hydrogens is 224 g/mol. The van der Waals surface area contributed by atoms with Crippen LogP contribution in [0.3, 0.4) is 0 Å². The highest BCUT2D eigenvalue weighted by molar-refractivity contribution is 5.27. The molecule has 18 heavy (non-hydrogen) atoms. The van der Waals surface area contributed by atoms with Crippen LogP contribution in [0.1, 0.15) is 18.4 Å². The molecule has 100 valence electrons. The van der Waals surface area contributed by atoms with Gasteiger partial charge in [0.1, 0.15) is 5.75 Å². The van der Waals surface area contributed by atoms with Crippen molar-refractivity contribution in [1.29, 1.82) is 0 Å². The average molecular weight is 249 g/mol. The molecule has 0 saturated carbocycles. The Kier molecular flexibility index (Phi) is 4.25. The molecule has 1 aliphatic heterocycles. The van der Waals surface area contributed by atoms with Gasteiger partial charge in [-0.2, -0.15) is 0 Å². The van der Waals surface area contributed by atoms with Gasteiger partial charge in [0.05, 0.1) is 39.8 Å². The number of hydrogen-bond donors (Lipinski definition) is 1. The number of quaternary nitrogens is 1. The molecule has 1 aliphatic rings. The summed E-state index contributed by atoms with van der Waals surface area (Å²) in [7, 11) is 4.04. The number of ether oxygens (including phenoxy) is 1. The molecular formula is C15H25N2O+. The van der Waals surface area contributed by atoms with Crippen molar-refractivity contribution in [2.45, 2.75) is 25.3 Å². The predicted octanol–water partition coefficient (Wildman–Crippen LogP) is 1.81. The lowest BCUT2D eigenvalue weighted by Gasteiger charge is -2.29. The maximum absolute atomic E-state index is 6.00. The summed E-state index contributed by atoms with van der Waals surface area (Å²) in [6.07, 6.45) is 3.56. The Labute approximate surface area is 110 Å². The van der Waals surface area contributed by atoms with Crippen LogP contribution < -0.4 is 10.5 Å². The molecule has 0 aromatic heterocycles. The Balaban J connectivity index is 1.77. The largest absolute Gasteiger partial charge is 0.497 e. The smallest absolute Gasteiger partial charge is 0.118 e. The lowest BCUT2D eigenvalue weighted by molar-refractivity contribution is -0.898. The second-order valence-corrected chi connectivity index (χ2v) is 5.75. The first-order valence-electron chi connectivity index (χ1n) is 6.83. The monoisotopic (exact) mass is 249 g/mol. The van der Waals surface area contributed by atoms with Crippen LogP contribution in [-0.4, -0.2) is 44.3 Å². The van der Waals surface area contributed by atoms with E-state index in [9.17, 15) is 0 Å². The fraction of sp³-hybridized carbons (Fsp3) is 0.600. The summed E-state index contributed by atoms with van der Waals surface area (Å²) in [5, 5.41) is 0. The fourth-order valence-corrected chi connectivity index (χ4v) is 2.89. The van der Waals surface area contributed by atoms with Gasteiger partial charge in [0.2, 0.25) is 0 Å². The maximum Gasteiger partial charge on any atom is 0.118 e. The van der Waals surface area contributed by atoms with Crippen LogP contribution in [0.25, 0.3) is 0 Å². The van der Waals surface area contributed by atoms with Crippen molar-refractivity contribution in [2.24, 2.45) is 5.73 Å². The predicted molar refractivity (Wildman–Crippen MR) is 74.7 cm³/mol. The van der Waals surface area contributed by atoms with Gasteiger partial charge in [0.25, 0.3) is 0 Å². The van der Waals surface area contributed by atoms with Gasteiger partial charge < -0.3 is 15.0 Å². The quantitative estimate of drug-likeness (QED) is 0.808. The van der Waals surface area contributed by atoms with Crippen LogP contribution in [0.4, 0.5) is 0 Å². The Morgan fingerprint density at radius 3 is 2.61 bits per heavy atom. The number of likely N-dealkylation sites (N-methyl/N-ethyl adjacent to an activating group) is 1. The molecule has 3 nitrogen and oxygen atoms in total. The van der Waals surface area contributed by atoms with Crippen molar-refractivity contribution >= 4 is 0 Å². The van der Waals surface area contributed by atoms with Crippen LogP contribution in [0.15, 0.2) is 24.3 Å². The molecule has 2 atom stereocenters. The Morgan fingerprint density at radius 1 is 1.33 bits per heavy atom. The summed E-state index contributed by atoms with van der Waals surface area (Å²) in [6.45, 7) is 3.62. The lowest BCUT2D eigenvalue weighted by Crippen LogP contribution is -2.44. The molecule has 3 heteroatoms. The van der Waals surface area contributed by atoms with Crippen molar-refractivity contribution in [1.82, 2.24) is 0 Å². The van der Waals surface area contributed by atoms with Crippen LogP contribution in [0, 0.1) is 0 Å². The minimum Gasteiger partial charge on any atom is -0.497 e. The summed E-state index contributed by atoms with van der Waals surface area (Å²) >= 11 is 0. The molecule has 1 heterocycles. The number of aryl methyl sites for hydroxylation is 1. The molecule has 1 saturated heterocycles. The molecule has 0 bridgehead atoms. The summed E-state index contributed by atoms with van der Waals surface area (Å²) in [4.78, 5) is 0. The van der Waals surface area contributed by atoms with Gasteiger partial charge in [-0.15, -0.1) is 0 Å². The Hall–Kier alpha value is -1.06.